The molecule has 6 atom stereocenters. The van der Waals surface area contributed by atoms with Gasteiger partial charge >= 0.3 is 0 Å². The van der Waals surface area contributed by atoms with Gasteiger partial charge in [-0.3, -0.25) is 0 Å². The second-order valence-electron chi connectivity index (χ2n) is 8.64. The molecular weight excluding hydrogens is 244 g/mol. The number of hydrogen-bond acceptors (Lipinski definition) is 1. The summed E-state index contributed by atoms with van der Waals surface area (Å²) in [5.41, 5.74) is 0.475. The van der Waals surface area contributed by atoms with Crippen molar-refractivity contribution >= 4 is 0 Å². The van der Waals surface area contributed by atoms with Crippen LogP contribution in [0.3, 0.4) is 0 Å². The Morgan fingerprint density at radius 1 is 1.00 bits per heavy atom. The molecule has 0 aromatic carbocycles. The lowest BCUT2D eigenvalue weighted by Gasteiger charge is -2.51. The molecule has 1 nitrogen and oxygen atoms in total. The summed E-state index contributed by atoms with van der Waals surface area (Å²) in [7, 11) is 0. The molecule has 1 saturated heterocycles. The van der Waals surface area contributed by atoms with Gasteiger partial charge in [-0.25, -0.2) is 0 Å². The molecule has 3 aliphatic rings. The fraction of sp³-hybridized carbons (Fsp3) is 0.895. The predicted octanol–water partition coefficient (Wildman–Crippen LogP) is 5.07. The zero-order chi connectivity index (χ0) is 14.3. The highest BCUT2D eigenvalue weighted by Crippen LogP contribution is 2.51. The molecule has 3 fully saturated rings. The van der Waals surface area contributed by atoms with Crippen molar-refractivity contribution in [2.75, 3.05) is 6.61 Å². The maximum Gasteiger partial charge on any atom is 0.0611 e. The third kappa shape index (κ3) is 2.71. The minimum Gasteiger partial charge on any atom is -0.378 e. The van der Waals surface area contributed by atoms with Crippen molar-refractivity contribution in [3.05, 3.63) is 12.7 Å². The molecule has 6 unspecified atom stereocenters. The Bertz CT molecular complexity index is 353. The Morgan fingerprint density at radius 3 is 2.45 bits per heavy atom. The second-order valence-corrected chi connectivity index (χ2v) is 8.64. The van der Waals surface area contributed by atoms with E-state index in [2.05, 4.69) is 33.4 Å². The summed E-state index contributed by atoms with van der Waals surface area (Å²) >= 11 is 0. The lowest BCUT2D eigenvalue weighted by atomic mass is 9.59. The summed E-state index contributed by atoms with van der Waals surface area (Å²) in [6.07, 6.45) is 11.0. The van der Waals surface area contributed by atoms with Crippen molar-refractivity contribution in [3.63, 3.8) is 0 Å². The van der Waals surface area contributed by atoms with Crippen LogP contribution in [0.25, 0.3) is 0 Å². The minimum atomic E-state index is 0.475. The van der Waals surface area contributed by atoms with Crippen LogP contribution in [0.1, 0.15) is 59.3 Å². The molecule has 2 aliphatic carbocycles. The number of fused-ring (bicyclic) bond motifs is 3. The van der Waals surface area contributed by atoms with E-state index in [0.29, 0.717) is 17.4 Å². The molecule has 20 heavy (non-hydrogen) atoms. The highest BCUT2D eigenvalue weighted by atomic mass is 16.5. The van der Waals surface area contributed by atoms with Crippen LogP contribution >= 0.6 is 0 Å². The van der Waals surface area contributed by atoms with Crippen LogP contribution < -0.4 is 0 Å². The van der Waals surface area contributed by atoms with Crippen LogP contribution in [0, 0.1) is 35.0 Å². The number of rotatable bonds is 1. The van der Waals surface area contributed by atoms with E-state index < -0.39 is 0 Å². The van der Waals surface area contributed by atoms with E-state index in [9.17, 15) is 0 Å². The molecule has 114 valence electrons. The quantitative estimate of drug-likeness (QED) is 0.608. The van der Waals surface area contributed by atoms with Gasteiger partial charge in [0.15, 0.2) is 0 Å². The molecule has 0 bridgehead atoms. The summed E-state index contributed by atoms with van der Waals surface area (Å²) in [5, 5.41) is 0. The molecule has 3 rings (SSSR count). The van der Waals surface area contributed by atoms with Gasteiger partial charge in [0.25, 0.3) is 0 Å². The van der Waals surface area contributed by atoms with Gasteiger partial charge in [-0.1, -0.05) is 26.8 Å². The maximum absolute atomic E-state index is 6.30. The molecule has 1 heteroatoms. The minimum absolute atomic E-state index is 0.475. The summed E-state index contributed by atoms with van der Waals surface area (Å²) in [4.78, 5) is 0. The van der Waals surface area contributed by atoms with Gasteiger partial charge in [0.1, 0.15) is 0 Å². The van der Waals surface area contributed by atoms with Crippen molar-refractivity contribution in [1.82, 2.24) is 0 Å². The second kappa shape index (κ2) is 5.48. The maximum atomic E-state index is 6.30. The third-order valence-corrected chi connectivity index (χ3v) is 6.56. The van der Waals surface area contributed by atoms with Crippen LogP contribution in [0.15, 0.2) is 12.7 Å². The Morgan fingerprint density at radius 2 is 1.75 bits per heavy atom. The first-order chi connectivity index (χ1) is 9.49. The van der Waals surface area contributed by atoms with E-state index in [1.807, 2.05) is 0 Å². The standard InChI is InChI=1S/C19H32O/c1-5-13-6-8-17-16-9-7-15(19(2,3)4)11-14(16)12-20-18(17)10-13/h5,13-18H,1,6-12H2,2-4H3. The first-order valence-electron chi connectivity index (χ1n) is 8.73. The summed E-state index contributed by atoms with van der Waals surface area (Å²) in [5.74, 6) is 4.26. The lowest BCUT2D eigenvalue weighted by Crippen LogP contribution is -2.48. The van der Waals surface area contributed by atoms with Gasteiger partial charge in [0.2, 0.25) is 0 Å². The monoisotopic (exact) mass is 276 g/mol. The van der Waals surface area contributed by atoms with Crippen molar-refractivity contribution < 1.29 is 4.74 Å². The molecule has 0 aromatic rings. The molecular formula is C19H32O. The van der Waals surface area contributed by atoms with Gasteiger partial charge in [-0.2, -0.15) is 0 Å². The van der Waals surface area contributed by atoms with Crippen molar-refractivity contribution in [1.29, 1.82) is 0 Å². The van der Waals surface area contributed by atoms with Crippen LogP contribution in [0.5, 0.6) is 0 Å². The first kappa shape index (κ1) is 14.6. The third-order valence-electron chi connectivity index (χ3n) is 6.56. The molecule has 1 aliphatic heterocycles. The number of ether oxygens (including phenoxy) is 1. The summed E-state index contributed by atoms with van der Waals surface area (Å²) in [6, 6.07) is 0. The molecule has 0 spiro atoms. The summed E-state index contributed by atoms with van der Waals surface area (Å²) < 4.78 is 6.30. The highest BCUT2D eigenvalue weighted by molar-refractivity contribution is 4.98. The molecule has 0 aromatic heterocycles. The van der Waals surface area contributed by atoms with Gasteiger partial charge in [-0.15, -0.1) is 6.58 Å². The zero-order valence-electron chi connectivity index (χ0n) is 13.6. The molecule has 0 N–H and O–H groups in total. The van der Waals surface area contributed by atoms with Crippen molar-refractivity contribution in [2.24, 2.45) is 35.0 Å². The highest BCUT2D eigenvalue weighted by Gasteiger charge is 2.46. The Hall–Kier alpha value is -0.300. The molecule has 0 radical (unpaired) electrons. The fourth-order valence-electron chi connectivity index (χ4n) is 5.16. The predicted molar refractivity (Wildman–Crippen MR) is 84.5 cm³/mol. The average molecular weight is 276 g/mol. The number of hydrogen-bond donors (Lipinski definition) is 0. The van der Waals surface area contributed by atoms with E-state index in [4.69, 9.17) is 4.74 Å². The van der Waals surface area contributed by atoms with E-state index in [0.717, 1.165) is 30.3 Å². The van der Waals surface area contributed by atoms with E-state index in [1.165, 1.54) is 38.5 Å². The average Bonchev–Trinajstić information content (AvgIpc) is 2.44. The Labute approximate surface area is 125 Å². The topological polar surface area (TPSA) is 9.23 Å². The van der Waals surface area contributed by atoms with Crippen LogP contribution in [-0.4, -0.2) is 12.7 Å². The number of allylic oxidation sites excluding steroid dienone is 1. The van der Waals surface area contributed by atoms with Gasteiger partial charge in [0, 0.05) is 0 Å². The van der Waals surface area contributed by atoms with E-state index in [1.54, 1.807) is 0 Å². The van der Waals surface area contributed by atoms with Gasteiger partial charge in [-0.05, 0) is 73.5 Å². The smallest absolute Gasteiger partial charge is 0.0611 e. The van der Waals surface area contributed by atoms with E-state index in [-0.39, 0.29) is 0 Å². The van der Waals surface area contributed by atoms with Crippen LogP contribution in [-0.2, 0) is 4.74 Å². The first-order valence-corrected chi connectivity index (χ1v) is 8.73. The van der Waals surface area contributed by atoms with Crippen LogP contribution in [0.4, 0.5) is 0 Å². The van der Waals surface area contributed by atoms with Crippen molar-refractivity contribution in [2.45, 2.75) is 65.4 Å². The largest absolute Gasteiger partial charge is 0.378 e. The van der Waals surface area contributed by atoms with Gasteiger partial charge < -0.3 is 4.74 Å². The normalized spacial score (nSPS) is 45.4. The molecule has 1 heterocycles. The fourth-order valence-corrected chi connectivity index (χ4v) is 5.16. The SMILES string of the molecule is C=CC1CCC2C(C1)OCC1CC(C(C)(C)C)CCC12. The molecule has 0 amide bonds. The lowest BCUT2D eigenvalue weighted by molar-refractivity contribution is -0.136. The molecule has 2 saturated carbocycles. The zero-order valence-corrected chi connectivity index (χ0v) is 13.6. The van der Waals surface area contributed by atoms with Crippen molar-refractivity contribution in [3.8, 4) is 0 Å². The summed E-state index contributed by atoms with van der Waals surface area (Å²) in [6.45, 7) is 12.3. The Kier molecular flexibility index (Phi) is 4.01. The van der Waals surface area contributed by atoms with Crippen LogP contribution in [0.2, 0.25) is 0 Å². The Balaban J connectivity index is 1.66. The van der Waals surface area contributed by atoms with Gasteiger partial charge in [0.05, 0.1) is 12.7 Å². The van der Waals surface area contributed by atoms with E-state index >= 15 is 0 Å².